The summed E-state index contributed by atoms with van der Waals surface area (Å²) in [7, 11) is 3.87. The number of allylic oxidation sites excluding steroid dienone is 1. The lowest BCUT2D eigenvalue weighted by atomic mass is 10.2. The van der Waals surface area contributed by atoms with E-state index in [4.69, 9.17) is 4.74 Å². The molecule has 1 aromatic heterocycles. The molecule has 0 aliphatic heterocycles. The van der Waals surface area contributed by atoms with Gasteiger partial charge in [-0.25, -0.2) is 4.98 Å². The maximum atomic E-state index is 9.60. The molecule has 27 heavy (non-hydrogen) atoms. The Morgan fingerprint density at radius 3 is 2.44 bits per heavy atom. The van der Waals surface area contributed by atoms with E-state index in [1.54, 1.807) is 19.5 Å². The number of pyridine rings is 1. The zero-order chi connectivity index (χ0) is 20.9. The Hall–Kier alpha value is -2.21. The fraction of sp³-hybridized carbons (Fsp3) is 0.571. The van der Waals surface area contributed by atoms with Crippen LogP contribution in [0.1, 0.15) is 48.0 Å². The van der Waals surface area contributed by atoms with Gasteiger partial charge in [0, 0.05) is 31.9 Å². The molecule has 0 saturated carbocycles. The number of hydrogen-bond acceptors (Lipinski definition) is 6. The number of aliphatic imine (C=N–C) groups is 1. The summed E-state index contributed by atoms with van der Waals surface area (Å²) in [5.74, 6) is 1.36. The number of carbonyl (C=O) groups is 1. The monoisotopic (exact) mass is 377 g/mol. The number of carbonyl (C=O) groups excluding carboxylic acids is 1. The molecule has 6 heteroatoms. The Morgan fingerprint density at radius 2 is 2.04 bits per heavy atom. The minimum Gasteiger partial charge on any atom is -0.462 e. The van der Waals surface area contributed by atoms with Crippen LogP contribution >= 0.6 is 0 Å². The average Bonchev–Trinajstić information content (AvgIpc) is 2.61. The van der Waals surface area contributed by atoms with Crippen LogP contribution in [0, 0.1) is 0 Å². The van der Waals surface area contributed by atoms with Gasteiger partial charge >= 0.3 is 0 Å². The van der Waals surface area contributed by atoms with Crippen LogP contribution in [-0.4, -0.2) is 54.9 Å². The van der Waals surface area contributed by atoms with Gasteiger partial charge in [0.05, 0.1) is 6.21 Å². The topological polar surface area (TPSA) is 64.0 Å². The molecule has 0 spiro atoms. The largest absolute Gasteiger partial charge is 0.462 e. The van der Waals surface area contributed by atoms with Gasteiger partial charge in [0.15, 0.2) is 0 Å². The molecule has 0 bridgehead atoms. The highest BCUT2D eigenvalue weighted by Gasteiger charge is 2.11. The zero-order valence-corrected chi connectivity index (χ0v) is 18.0. The number of rotatable bonds is 8. The maximum absolute atomic E-state index is 9.60. The molecule has 1 rings (SSSR count). The van der Waals surface area contributed by atoms with Gasteiger partial charge in [-0.1, -0.05) is 13.0 Å². The number of ether oxygens (including phenoxy) is 2. The molecule has 0 radical (unpaired) electrons. The van der Waals surface area contributed by atoms with Gasteiger partial charge in [-0.3, -0.25) is 14.7 Å². The summed E-state index contributed by atoms with van der Waals surface area (Å²) in [5.41, 5.74) is 0.825. The smallest absolute Gasteiger partial charge is 0.293 e. The number of likely N-dealkylation sites (N-methyl/N-ethyl adjacent to an activating group) is 1. The lowest BCUT2D eigenvalue weighted by Gasteiger charge is -2.24. The fourth-order valence-corrected chi connectivity index (χ4v) is 1.92. The van der Waals surface area contributed by atoms with E-state index in [1.165, 1.54) is 0 Å². The van der Waals surface area contributed by atoms with Crippen molar-refractivity contribution in [3.8, 4) is 5.88 Å². The van der Waals surface area contributed by atoms with Crippen molar-refractivity contribution in [3.05, 3.63) is 35.7 Å². The molecule has 1 aromatic rings. The van der Waals surface area contributed by atoms with Crippen LogP contribution in [0.3, 0.4) is 0 Å². The lowest BCUT2D eigenvalue weighted by molar-refractivity contribution is -0.138. The normalized spacial score (nSPS) is 13.5. The van der Waals surface area contributed by atoms with Crippen molar-refractivity contribution in [1.82, 2.24) is 9.88 Å². The third-order valence-electron chi connectivity index (χ3n) is 3.75. The second-order valence-electron chi connectivity index (χ2n) is 7.30. The first kappa shape index (κ1) is 24.8. The second-order valence-corrected chi connectivity index (χ2v) is 7.30. The van der Waals surface area contributed by atoms with Crippen LogP contribution in [0.25, 0.3) is 0 Å². The summed E-state index contributed by atoms with van der Waals surface area (Å²) in [6, 6.07) is 6.16. The molecule has 0 saturated heterocycles. The van der Waals surface area contributed by atoms with Crippen LogP contribution in [-0.2, 0) is 9.53 Å². The van der Waals surface area contributed by atoms with Gasteiger partial charge in [-0.15, -0.1) is 0 Å². The van der Waals surface area contributed by atoms with Gasteiger partial charge in [0.2, 0.25) is 5.88 Å². The SMILES string of the molecule is CC(C)(C)OC=O.CC[C@H](C)N(C)C/C(C)=C(/C=NC)Oc1ccccn1. The molecular weight excluding hydrogens is 342 g/mol. The van der Waals surface area contributed by atoms with Gasteiger partial charge < -0.3 is 9.47 Å². The average molecular weight is 378 g/mol. The lowest BCUT2D eigenvalue weighted by Crippen LogP contribution is -2.30. The molecule has 152 valence electrons. The predicted octanol–water partition coefficient (Wildman–Crippen LogP) is 4.12. The van der Waals surface area contributed by atoms with Crippen LogP contribution < -0.4 is 4.74 Å². The van der Waals surface area contributed by atoms with E-state index < -0.39 is 0 Å². The van der Waals surface area contributed by atoms with Crippen molar-refractivity contribution in [3.63, 3.8) is 0 Å². The molecule has 0 aliphatic rings. The van der Waals surface area contributed by atoms with E-state index in [-0.39, 0.29) is 5.60 Å². The number of aromatic nitrogens is 1. The first-order chi connectivity index (χ1) is 12.6. The first-order valence-electron chi connectivity index (χ1n) is 9.17. The molecule has 0 fully saturated rings. The summed E-state index contributed by atoms with van der Waals surface area (Å²) in [4.78, 5) is 20.2. The molecule has 0 unspecified atom stereocenters. The van der Waals surface area contributed by atoms with E-state index in [0.29, 0.717) is 18.4 Å². The second kappa shape index (κ2) is 13.0. The fourth-order valence-electron chi connectivity index (χ4n) is 1.92. The maximum Gasteiger partial charge on any atom is 0.293 e. The molecule has 1 atom stereocenters. The third kappa shape index (κ3) is 11.9. The van der Waals surface area contributed by atoms with E-state index in [0.717, 1.165) is 24.3 Å². The highest BCUT2D eigenvalue weighted by Crippen LogP contribution is 2.13. The van der Waals surface area contributed by atoms with Gasteiger partial charge in [0.1, 0.15) is 11.4 Å². The van der Waals surface area contributed by atoms with Crippen molar-refractivity contribution in [2.24, 2.45) is 4.99 Å². The molecule has 0 N–H and O–H groups in total. The number of hydrogen-bond donors (Lipinski definition) is 0. The van der Waals surface area contributed by atoms with E-state index >= 15 is 0 Å². The Morgan fingerprint density at radius 1 is 1.37 bits per heavy atom. The van der Waals surface area contributed by atoms with Gasteiger partial charge in [-0.05, 0) is 59.7 Å². The Balaban J connectivity index is 0.000000821. The highest BCUT2D eigenvalue weighted by molar-refractivity contribution is 5.77. The van der Waals surface area contributed by atoms with Crippen molar-refractivity contribution in [2.45, 2.75) is 59.6 Å². The number of nitrogens with zero attached hydrogens (tertiary/aromatic N) is 3. The Labute approximate surface area is 164 Å². The molecule has 1 heterocycles. The highest BCUT2D eigenvalue weighted by atomic mass is 16.5. The van der Waals surface area contributed by atoms with E-state index in [9.17, 15) is 4.79 Å². The van der Waals surface area contributed by atoms with Crippen LogP contribution in [0.2, 0.25) is 0 Å². The minimum atomic E-state index is -0.318. The van der Waals surface area contributed by atoms with Crippen LogP contribution in [0.4, 0.5) is 0 Å². The zero-order valence-electron chi connectivity index (χ0n) is 18.0. The Bertz CT molecular complexity index is 592. The van der Waals surface area contributed by atoms with Crippen molar-refractivity contribution in [1.29, 1.82) is 0 Å². The molecule has 0 amide bonds. The minimum absolute atomic E-state index is 0.318. The first-order valence-corrected chi connectivity index (χ1v) is 9.17. The van der Waals surface area contributed by atoms with Crippen LogP contribution in [0.5, 0.6) is 5.88 Å². The summed E-state index contributed by atoms with van der Waals surface area (Å²) < 4.78 is 10.4. The standard InChI is InChI=1S/C16H25N3O.C5H10O2/c1-6-14(3)19(5)12-13(2)15(11-17-4)20-16-9-7-8-10-18-16;1-5(2,3)7-4-6/h7-11,14H,6,12H2,1-5H3;4H,1-3H3/b15-13-,17-11?;/t14-;/m0./s1. The predicted molar refractivity (Wildman–Crippen MR) is 111 cm³/mol. The van der Waals surface area contributed by atoms with E-state index in [2.05, 4.69) is 47.4 Å². The molecule has 0 aromatic carbocycles. The summed E-state index contributed by atoms with van der Waals surface area (Å²) in [6.07, 6.45) is 4.59. The molecule has 6 nitrogen and oxygen atoms in total. The van der Waals surface area contributed by atoms with Crippen LogP contribution in [0.15, 0.2) is 40.7 Å². The Kier molecular flexibility index (Phi) is 12.0. The third-order valence-corrected chi connectivity index (χ3v) is 3.75. The van der Waals surface area contributed by atoms with Crippen molar-refractivity contribution >= 4 is 12.7 Å². The molecular formula is C21H35N3O3. The van der Waals surface area contributed by atoms with Crippen molar-refractivity contribution < 1.29 is 14.3 Å². The van der Waals surface area contributed by atoms with Gasteiger partial charge in [-0.2, -0.15) is 0 Å². The summed E-state index contributed by atoms with van der Waals surface area (Å²) in [5, 5.41) is 0. The summed E-state index contributed by atoms with van der Waals surface area (Å²) >= 11 is 0. The quantitative estimate of drug-likeness (QED) is 0.387. The van der Waals surface area contributed by atoms with E-state index in [1.807, 2.05) is 39.0 Å². The summed E-state index contributed by atoms with van der Waals surface area (Å²) in [6.45, 7) is 13.3. The van der Waals surface area contributed by atoms with Crippen molar-refractivity contribution in [2.75, 3.05) is 20.6 Å². The van der Waals surface area contributed by atoms with Gasteiger partial charge in [0.25, 0.3) is 6.47 Å². The molecule has 0 aliphatic carbocycles.